The van der Waals surface area contributed by atoms with Crippen molar-refractivity contribution in [1.29, 1.82) is 0 Å². The van der Waals surface area contributed by atoms with E-state index < -0.39 is 10.0 Å². The van der Waals surface area contributed by atoms with E-state index in [0.717, 1.165) is 37.7 Å². The van der Waals surface area contributed by atoms with Gasteiger partial charge in [0, 0.05) is 30.6 Å². The topological polar surface area (TPSA) is 79.6 Å². The quantitative estimate of drug-likeness (QED) is 0.626. The lowest BCUT2D eigenvalue weighted by Crippen LogP contribution is -2.34. The van der Waals surface area contributed by atoms with Gasteiger partial charge in [0.15, 0.2) is 0 Å². The van der Waals surface area contributed by atoms with Crippen molar-refractivity contribution in [3.8, 4) is 11.3 Å². The fourth-order valence-electron chi connectivity index (χ4n) is 4.91. The maximum Gasteiger partial charge on any atom is 0.255 e. The maximum atomic E-state index is 13.5. The number of hydrogen-bond acceptors (Lipinski definition) is 4. The first kappa shape index (κ1) is 21.0. The van der Waals surface area contributed by atoms with Crippen LogP contribution in [0, 0.1) is 5.82 Å². The highest BCUT2D eigenvalue weighted by Gasteiger charge is 2.47. The molecular weight excluding hydrogens is 431 g/mol. The van der Waals surface area contributed by atoms with Crippen molar-refractivity contribution in [1.82, 2.24) is 5.32 Å². The van der Waals surface area contributed by atoms with Gasteiger partial charge in [-0.25, -0.2) is 12.8 Å². The zero-order valence-corrected chi connectivity index (χ0v) is 18.9. The third-order valence-electron chi connectivity index (χ3n) is 6.73. The summed E-state index contributed by atoms with van der Waals surface area (Å²) in [4.78, 5) is 12.9. The second kappa shape index (κ2) is 7.33. The van der Waals surface area contributed by atoms with E-state index in [2.05, 4.69) is 5.32 Å². The van der Waals surface area contributed by atoms with E-state index in [0.29, 0.717) is 40.1 Å². The molecule has 168 valence electrons. The number of benzene rings is 2. The van der Waals surface area contributed by atoms with Crippen molar-refractivity contribution in [2.75, 3.05) is 24.2 Å². The van der Waals surface area contributed by atoms with Crippen LogP contribution in [0.25, 0.3) is 22.3 Å². The van der Waals surface area contributed by atoms with Gasteiger partial charge in [-0.3, -0.25) is 9.10 Å². The van der Waals surface area contributed by atoms with Gasteiger partial charge in [0.2, 0.25) is 10.0 Å². The molecule has 0 saturated heterocycles. The summed E-state index contributed by atoms with van der Waals surface area (Å²) < 4.78 is 46.4. The molecule has 3 aromatic rings. The van der Waals surface area contributed by atoms with Gasteiger partial charge in [-0.15, -0.1) is 0 Å². The zero-order valence-electron chi connectivity index (χ0n) is 18.1. The van der Waals surface area contributed by atoms with Crippen LogP contribution in [0.5, 0.6) is 0 Å². The van der Waals surface area contributed by atoms with Crippen LogP contribution < -0.4 is 9.62 Å². The number of nitrogens with zero attached hydrogens (tertiary/aromatic N) is 1. The lowest BCUT2D eigenvalue weighted by Gasteiger charge is -2.31. The molecule has 5 rings (SSSR count). The second-order valence-corrected chi connectivity index (χ2v) is 10.7. The highest BCUT2D eigenvalue weighted by Crippen LogP contribution is 2.57. The Morgan fingerprint density at radius 1 is 1.12 bits per heavy atom. The molecule has 1 aromatic heterocycles. The number of carbonyl (C=O) groups excluding carboxylic acids is 1. The summed E-state index contributed by atoms with van der Waals surface area (Å²) in [6.45, 7) is 0.418. The Morgan fingerprint density at radius 3 is 2.47 bits per heavy atom. The molecule has 0 bridgehead atoms. The summed E-state index contributed by atoms with van der Waals surface area (Å²) >= 11 is 0. The van der Waals surface area contributed by atoms with E-state index in [1.54, 1.807) is 25.2 Å². The molecule has 1 spiro atoms. The standard InChI is InChI=1S/C24H25FN2O4S/c1-26-23(28)21-17-13-18-19(14-20(17)31-22(21)15-5-7-16(25)8-6-15)27(32(2,29)30)12-4-3-9-24(18)10-11-24/h5-8,13-14H,3-4,9-12H2,1-2H3,(H,26,28). The van der Waals surface area contributed by atoms with E-state index in [4.69, 9.17) is 4.42 Å². The van der Waals surface area contributed by atoms with Crippen LogP contribution in [0.15, 0.2) is 40.8 Å². The molecule has 6 nitrogen and oxygen atoms in total. The van der Waals surface area contributed by atoms with Crippen molar-refractivity contribution < 1.29 is 22.0 Å². The fourth-order valence-corrected chi connectivity index (χ4v) is 5.88. The Kier molecular flexibility index (Phi) is 4.81. The molecular formula is C24H25FN2O4S. The van der Waals surface area contributed by atoms with Crippen LogP contribution in [0.1, 0.15) is 48.0 Å². The monoisotopic (exact) mass is 456 g/mol. The SMILES string of the molecule is CNC(=O)c1c(-c2ccc(F)cc2)oc2cc3c(cc12)C1(CCCCN3S(C)(=O)=O)CC1. The minimum Gasteiger partial charge on any atom is -0.455 e. The first-order valence-corrected chi connectivity index (χ1v) is 12.7. The Hall–Kier alpha value is -2.87. The number of carbonyl (C=O) groups is 1. The van der Waals surface area contributed by atoms with Gasteiger partial charge in [-0.1, -0.05) is 6.42 Å². The van der Waals surface area contributed by atoms with E-state index in [1.807, 2.05) is 6.07 Å². The van der Waals surface area contributed by atoms with Gasteiger partial charge in [-0.05, 0) is 67.0 Å². The maximum absolute atomic E-state index is 13.5. The predicted octanol–water partition coefficient (Wildman–Crippen LogP) is 4.58. The molecule has 2 heterocycles. The highest BCUT2D eigenvalue weighted by atomic mass is 32.2. The van der Waals surface area contributed by atoms with Crippen molar-refractivity contribution in [3.05, 3.63) is 53.3 Å². The number of sulfonamides is 1. The van der Waals surface area contributed by atoms with E-state index >= 15 is 0 Å². The van der Waals surface area contributed by atoms with Gasteiger partial charge in [-0.2, -0.15) is 0 Å². The lowest BCUT2D eigenvalue weighted by atomic mass is 9.86. The van der Waals surface area contributed by atoms with Gasteiger partial charge in [0.05, 0.1) is 17.5 Å². The number of nitrogens with one attached hydrogen (secondary N) is 1. The number of rotatable bonds is 3. The summed E-state index contributed by atoms with van der Waals surface area (Å²) in [5.41, 5.74) is 2.94. The summed E-state index contributed by atoms with van der Waals surface area (Å²) in [5, 5.41) is 3.31. The molecule has 1 aliphatic heterocycles. The van der Waals surface area contributed by atoms with Crippen molar-refractivity contribution in [3.63, 3.8) is 0 Å². The van der Waals surface area contributed by atoms with Crippen molar-refractivity contribution >= 4 is 32.6 Å². The van der Waals surface area contributed by atoms with Crippen LogP contribution in [-0.4, -0.2) is 34.2 Å². The molecule has 32 heavy (non-hydrogen) atoms. The number of amides is 1. The van der Waals surface area contributed by atoms with Crippen LogP contribution in [0.3, 0.4) is 0 Å². The molecule has 8 heteroatoms. The van der Waals surface area contributed by atoms with Crippen LogP contribution in [0.2, 0.25) is 0 Å². The molecule has 1 aliphatic carbocycles. The van der Waals surface area contributed by atoms with Gasteiger partial charge < -0.3 is 9.73 Å². The number of furan rings is 1. The third kappa shape index (κ3) is 3.37. The molecule has 0 atom stereocenters. The Balaban J connectivity index is 1.81. The molecule has 1 fully saturated rings. The van der Waals surface area contributed by atoms with Crippen LogP contribution in [0.4, 0.5) is 10.1 Å². The largest absolute Gasteiger partial charge is 0.455 e. The normalized spacial score (nSPS) is 17.7. The molecule has 1 saturated carbocycles. The minimum atomic E-state index is -3.48. The first-order chi connectivity index (χ1) is 15.2. The van der Waals surface area contributed by atoms with Crippen LogP contribution in [-0.2, 0) is 15.4 Å². The van der Waals surface area contributed by atoms with E-state index in [-0.39, 0.29) is 17.1 Å². The fraction of sp³-hybridized carbons (Fsp3) is 0.375. The predicted molar refractivity (Wildman–Crippen MR) is 122 cm³/mol. The van der Waals surface area contributed by atoms with Crippen molar-refractivity contribution in [2.24, 2.45) is 0 Å². The van der Waals surface area contributed by atoms with E-state index in [1.165, 1.54) is 22.7 Å². The second-order valence-electron chi connectivity index (χ2n) is 8.83. The average molecular weight is 457 g/mol. The third-order valence-corrected chi connectivity index (χ3v) is 7.91. The number of anilines is 1. The number of halogens is 1. The average Bonchev–Trinajstić information content (AvgIpc) is 3.44. The van der Waals surface area contributed by atoms with Gasteiger partial charge in [0.1, 0.15) is 17.2 Å². The number of fused-ring (bicyclic) bond motifs is 3. The van der Waals surface area contributed by atoms with Gasteiger partial charge in [0.25, 0.3) is 5.91 Å². The molecule has 0 radical (unpaired) electrons. The number of hydrogen-bond donors (Lipinski definition) is 1. The minimum absolute atomic E-state index is 0.0554. The van der Waals surface area contributed by atoms with Crippen LogP contribution >= 0.6 is 0 Å². The summed E-state index contributed by atoms with van der Waals surface area (Å²) in [5.74, 6) is -0.347. The molecule has 0 unspecified atom stereocenters. The summed E-state index contributed by atoms with van der Waals surface area (Å²) in [6.07, 6.45) is 5.99. The first-order valence-electron chi connectivity index (χ1n) is 10.8. The molecule has 2 aliphatic rings. The summed E-state index contributed by atoms with van der Waals surface area (Å²) in [7, 11) is -1.93. The summed E-state index contributed by atoms with van der Waals surface area (Å²) in [6, 6.07) is 9.49. The zero-order chi connectivity index (χ0) is 22.7. The van der Waals surface area contributed by atoms with E-state index in [9.17, 15) is 17.6 Å². The molecule has 2 aromatic carbocycles. The molecule has 1 N–H and O–H groups in total. The Labute approximate surface area is 186 Å². The smallest absolute Gasteiger partial charge is 0.255 e. The highest BCUT2D eigenvalue weighted by molar-refractivity contribution is 7.92. The van der Waals surface area contributed by atoms with Gasteiger partial charge >= 0.3 is 0 Å². The Bertz CT molecular complexity index is 1320. The molecule has 1 amide bonds. The van der Waals surface area contributed by atoms with Crippen molar-refractivity contribution in [2.45, 2.75) is 37.5 Å². The lowest BCUT2D eigenvalue weighted by molar-refractivity contribution is 0.0964. The Morgan fingerprint density at radius 2 is 1.84 bits per heavy atom.